The monoisotopic (exact) mass is 377 g/mol. The van der Waals surface area contributed by atoms with E-state index in [1.165, 1.54) is 31.0 Å². The molecule has 1 saturated heterocycles. The van der Waals surface area contributed by atoms with Crippen molar-refractivity contribution >= 4 is 11.7 Å². The highest BCUT2D eigenvalue weighted by Gasteiger charge is 2.27. The summed E-state index contributed by atoms with van der Waals surface area (Å²) < 4.78 is 21.3. The molecule has 0 unspecified atom stereocenters. The summed E-state index contributed by atoms with van der Waals surface area (Å²) in [5.41, 5.74) is -1.13. The summed E-state index contributed by atoms with van der Waals surface area (Å²) in [6.45, 7) is 0.938. The molecule has 1 N–H and O–H groups in total. The van der Waals surface area contributed by atoms with Gasteiger partial charge in [0.1, 0.15) is 11.6 Å². The molecule has 2 aromatic heterocycles. The van der Waals surface area contributed by atoms with Gasteiger partial charge in [0.25, 0.3) is 11.5 Å². The molecule has 0 aromatic carbocycles. The zero-order chi connectivity index (χ0) is 19.7. The van der Waals surface area contributed by atoms with Crippen molar-refractivity contribution in [2.24, 2.45) is 14.1 Å². The molecule has 0 spiro atoms. The third kappa shape index (κ3) is 3.55. The number of hydrogen-bond donors (Lipinski definition) is 1. The Kier molecular flexibility index (Phi) is 4.98. The normalized spacial score (nSPS) is 16.4. The molecule has 10 heteroatoms. The van der Waals surface area contributed by atoms with Crippen LogP contribution in [0, 0.1) is 5.82 Å². The van der Waals surface area contributed by atoms with Gasteiger partial charge in [0.2, 0.25) is 0 Å². The van der Waals surface area contributed by atoms with Crippen molar-refractivity contribution in [3.63, 3.8) is 0 Å². The van der Waals surface area contributed by atoms with Crippen LogP contribution in [0.3, 0.4) is 0 Å². The fourth-order valence-electron chi connectivity index (χ4n) is 3.06. The van der Waals surface area contributed by atoms with E-state index < -0.39 is 23.0 Å². The van der Waals surface area contributed by atoms with Crippen molar-refractivity contribution in [2.75, 3.05) is 25.1 Å². The lowest BCUT2D eigenvalue weighted by Gasteiger charge is -2.21. The first kappa shape index (κ1) is 18.6. The van der Waals surface area contributed by atoms with Crippen LogP contribution in [-0.2, 0) is 14.1 Å². The number of rotatable bonds is 4. The Labute approximate surface area is 154 Å². The predicted molar refractivity (Wildman–Crippen MR) is 95.8 cm³/mol. The van der Waals surface area contributed by atoms with Crippen molar-refractivity contribution in [1.29, 1.82) is 0 Å². The summed E-state index contributed by atoms with van der Waals surface area (Å²) >= 11 is 0. The van der Waals surface area contributed by atoms with Gasteiger partial charge in [-0.1, -0.05) is 0 Å². The van der Waals surface area contributed by atoms with Crippen LogP contribution in [0.15, 0.2) is 27.9 Å². The molecule has 1 aliphatic heterocycles. The topological polar surface area (TPSA) is 98.5 Å². The molecule has 1 atom stereocenters. The van der Waals surface area contributed by atoms with Crippen LogP contribution >= 0.6 is 0 Å². The third-order valence-electron chi connectivity index (χ3n) is 4.62. The smallest absolute Gasteiger partial charge is 0.332 e. The molecule has 1 aliphatic rings. The van der Waals surface area contributed by atoms with E-state index in [2.05, 4.69) is 10.3 Å². The quantitative estimate of drug-likeness (QED) is 0.781. The van der Waals surface area contributed by atoms with E-state index in [4.69, 9.17) is 4.74 Å². The minimum Gasteiger partial charge on any atom is -0.495 e. The highest BCUT2D eigenvalue weighted by molar-refractivity contribution is 5.92. The average Bonchev–Trinajstić information content (AvgIpc) is 3.10. The largest absolute Gasteiger partial charge is 0.495 e. The molecule has 1 amide bonds. The molecule has 3 rings (SSSR count). The van der Waals surface area contributed by atoms with Crippen LogP contribution < -0.4 is 26.2 Å². The molecule has 3 heterocycles. The maximum atomic E-state index is 14.0. The summed E-state index contributed by atoms with van der Waals surface area (Å²) in [5.74, 6) is -0.688. The Morgan fingerprint density at radius 2 is 2.04 bits per heavy atom. The number of anilines is 1. The molecule has 0 radical (unpaired) electrons. The van der Waals surface area contributed by atoms with Crippen LogP contribution in [0.5, 0.6) is 5.75 Å². The number of amides is 1. The number of ether oxygens (including phenoxy) is 1. The Balaban J connectivity index is 1.73. The Bertz CT molecular complexity index is 1000. The van der Waals surface area contributed by atoms with Crippen molar-refractivity contribution in [3.05, 3.63) is 50.7 Å². The lowest BCUT2D eigenvalue weighted by Crippen LogP contribution is -2.41. The van der Waals surface area contributed by atoms with Gasteiger partial charge in [-0.2, -0.15) is 0 Å². The van der Waals surface area contributed by atoms with E-state index in [9.17, 15) is 18.8 Å². The zero-order valence-corrected chi connectivity index (χ0v) is 15.2. The fourth-order valence-corrected chi connectivity index (χ4v) is 3.06. The van der Waals surface area contributed by atoms with Gasteiger partial charge in [0.15, 0.2) is 11.5 Å². The first-order chi connectivity index (χ1) is 12.8. The molecule has 1 fully saturated rings. The van der Waals surface area contributed by atoms with Crippen LogP contribution in [0.1, 0.15) is 16.9 Å². The summed E-state index contributed by atoms with van der Waals surface area (Å²) in [5, 5.41) is 2.74. The first-order valence-corrected chi connectivity index (χ1v) is 8.34. The van der Waals surface area contributed by atoms with E-state index in [1.54, 1.807) is 7.05 Å². The number of carbonyl (C=O) groups is 1. The first-order valence-electron chi connectivity index (χ1n) is 8.34. The number of nitrogens with one attached hydrogen (secondary N) is 1. The van der Waals surface area contributed by atoms with E-state index in [0.29, 0.717) is 25.3 Å². The van der Waals surface area contributed by atoms with Gasteiger partial charge in [0.05, 0.1) is 13.3 Å². The van der Waals surface area contributed by atoms with E-state index in [-0.39, 0.29) is 17.5 Å². The molecular formula is C17H20FN5O4. The second-order valence-corrected chi connectivity index (χ2v) is 6.35. The summed E-state index contributed by atoms with van der Waals surface area (Å²) in [6, 6.07) is 2.22. The number of aromatic nitrogens is 3. The molecule has 27 heavy (non-hydrogen) atoms. The van der Waals surface area contributed by atoms with Crippen LogP contribution in [0.25, 0.3) is 0 Å². The third-order valence-corrected chi connectivity index (χ3v) is 4.62. The van der Waals surface area contributed by atoms with Gasteiger partial charge in [-0.15, -0.1) is 0 Å². The van der Waals surface area contributed by atoms with Gasteiger partial charge in [-0.05, 0) is 6.42 Å². The van der Waals surface area contributed by atoms with Crippen LogP contribution in [0.4, 0.5) is 10.2 Å². The highest BCUT2D eigenvalue weighted by atomic mass is 19.1. The number of methoxy groups -OCH3 is 1. The maximum absolute atomic E-state index is 14.0. The van der Waals surface area contributed by atoms with Crippen molar-refractivity contribution in [1.82, 2.24) is 19.4 Å². The van der Waals surface area contributed by atoms with E-state index in [0.717, 1.165) is 10.6 Å². The van der Waals surface area contributed by atoms with Crippen molar-refractivity contribution in [2.45, 2.75) is 12.5 Å². The second kappa shape index (κ2) is 7.22. The summed E-state index contributed by atoms with van der Waals surface area (Å²) in [6.07, 6.45) is 1.86. The summed E-state index contributed by atoms with van der Waals surface area (Å²) in [4.78, 5) is 41.9. The molecule has 0 saturated carbocycles. The Hall–Kier alpha value is -3.17. The maximum Gasteiger partial charge on any atom is 0.332 e. The fraction of sp³-hybridized carbons (Fsp3) is 0.412. The zero-order valence-electron chi connectivity index (χ0n) is 15.2. The number of carbonyl (C=O) groups excluding carboxylic acids is 1. The minimum atomic E-state index is -0.768. The number of halogens is 1. The van der Waals surface area contributed by atoms with Gasteiger partial charge >= 0.3 is 5.69 Å². The van der Waals surface area contributed by atoms with Crippen molar-refractivity contribution in [3.8, 4) is 5.75 Å². The molecule has 2 aromatic rings. The van der Waals surface area contributed by atoms with Gasteiger partial charge < -0.3 is 15.0 Å². The molecular weight excluding hydrogens is 357 g/mol. The van der Waals surface area contributed by atoms with Crippen LogP contribution in [0.2, 0.25) is 0 Å². The SMILES string of the molecule is COc1cnc(C(=O)N[C@@H]2CCN(c3cc(=O)n(C)c(=O)n3C)C2)c(F)c1. The van der Waals surface area contributed by atoms with Gasteiger partial charge in [0, 0.05) is 45.4 Å². The summed E-state index contributed by atoms with van der Waals surface area (Å²) in [7, 11) is 4.38. The average molecular weight is 377 g/mol. The second-order valence-electron chi connectivity index (χ2n) is 6.35. The van der Waals surface area contributed by atoms with Gasteiger partial charge in [-0.3, -0.25) is 18.7 Å². The highest BCUT2D eigenvalue weighted by Crippen LogP contribution is 2.18. The Morgan fingerprint density at radius 3 is 2.70 bits per heavy atom. The standard InChI is InChI=1S/C17H20FN5O4/c1-21-13(7-14(24)22(2)17(21)26)23-5-4-10(9-23)20-16(25)15-12(18)6-11(27-3)8-19-15/h6-8,10H,4-5,9H2,1-3H3,(H,20,25)/t10-/m1/s1. The Morgan fingerprint density at radius 1 is 1.30 bits per heavy atom. The number of nitrogens with zero attached hydrogens (tertiary/aromatic N) is 4. The van der Waals surface area contributed by atoms with Gasteiger partial charge in [-0.25, -0.2) is 14.2 Å². The lowest BCUT2D eigenvalue weighted by molar-refractivity contribution is 0.0930. The predicted octanol–water partition coefficient (Wildman–Crippen LogP) is -0.365. The van der Waals surface area contributed by atoms with E-state index in [1.807, 2.05) is 4.90 Å². The van der Waals surface area contributed by atoms with Crippen LogP contribution in [-0.4, -0.2) is 46.3 Å². The van der Waals surface area contributed by atoms with E-state index >= 15 is 0 Å². The lowest BCUT2D eigenvalue weighted by atomic mass is 10.2. The number of pyridine rings is 1. The molecule has 0 bridgehead atoms. The molecule has 9 nitrogen and oxygen atoms in total. The number of hydrogen-bond acceptors (Lipinski definition) is 6. The molecule has 144 valence electrons. The molecule has 0 aliphatic carbocycles. The minimum absolute atomic E-state index is 0.225. The van der Waals surface area contributed by atoms with Crippen molar-refractivity contribution < 1.29 is 13.9 Å².